The van der Waals surface area contributed by atoms with Crippen LogP contribution in [0.2, 0.25) is 10.6 Å². The fourth-order valence-electron chi connectivity index (χ4n) is 5.41. The normalized spacial score (nSPS) is 18.5. The van der Waals surface area contributed by atoms with Crippen LogP contribution in [0.3, 0.4) is 0 Å². The van der Waals surface area contributed by atoms with Crippen molar-refractivity contribution in [1.82, 2.24) is 25.3 Å². The lowest BCUT2D eigenvalue weighted by atomic mass is 9.99. The molecule has 12 heteroatoms. The number of carbonyl (C=O) groups is 1. The van der Waals surface area contributed by atoms with Crippen LogP contribution in [-0.4, -0.2) is 70.9 Å². The number of rotatable bonds is 4. The molecular weight excluding hydrogens is 599 g/mol. The van der Waals surface area contributed by atoms with Crippen molar-refractivity contribution in [3.63, 3.8) is 0 Å². The van der Waals surface area contributed by atoms with Gasteiger partial charge in [-0.2, -0.15) is 9.97 Å². The maximum absolute atomic E-state index is 12.0. The summed E-state index contributed by atoms with van der Waals surface area (Å²) in [5.41, 5.74) is 9.92. The summed E-state index contributed by atoms with van der Waals surface area (Å²) in [7, 11) is 0. The Labute approximate surface area is 268 Å². The molecule has 0 saturated carbocycles. The molecular formula is C32H40Cl2N8O2. The van der Waals surface area contributed by atoms with Crippen LogP contribution >= 0.6 is 23.2 Å². The van der Waals surface area contributed by atoms with E-state index in [1.807, 2.05) is 58.9 Å². The minimum Gasteiger partial charge on any atom is -0.449 e. The van der Waals surface area contributed by atoms with Crippen molar-refractivity contribution in [3.05, 3.63) is 58.1 Å². The van der Waals surface area contributed by atoms with Gasteiger partial charge in [-0.05, 0) is 90.7 Å². The SMILES string of the molecule is Cc1ccc2c(N3CC[C@@H](N)C3)nc(Cl)nc2c1.Cc1ccc2c(N3CC[C@@H](NC(=O)OCC(C)(C)C)C3)nc(Cl)nc2c1. The average molecular weight is 640 g/mol. The molecule has 234 valence electrons. The van der Waals surface area contributed by atoms with Crippen LogP contribution in [0, 0.1) is 19.3 Å². The Morgan fingerprint density at radius 1 is 0.886 bits per heavy atom. The molecule has 10 nitrogen and oxygen atoms in total. The molecule has 1 amide bonds. The highest BCUT2D eigenvalue weighted by Crippen LogP contribution is 2.30. The van der Waals surface area contributed by atoms with E-state index in [4.69, 9.17) is 33.7 Å². The number of nitrogens with zero attached hydrogens (tertiary/aromatic N) is 6. The summed E-state index contributed by atoms with van der Waals surface area (Å²) in [6.07, 6.45) is 1.46. The minimum absolute atomic E-state index is 0.0247. The van der Waals surface area contributed by atoms with Crippen LogP contribution in [0.4, 0.5) is 16.4 Å². The molecule has 0 radical (unpaired) electrons. The molecule has 44 heavy (non-hydrogen) atoms. The highest BCUT2D eigenvalue weighted by Gasteiger charge is 2.28. The Morgan fingerprint density at radius 2 is 1.41 bits per heavy atom. The Morgan fingerprint density at radius 3 is 1.91 bits per heavy atom. The summed E-state index contributed by atoms with van der Waals surface area (Å²) in [5, 5.41) is 5.48. The topological polar surface area (TPSA) is 122 Å². The van der Waals surface area contributed by atoms with Crippen LogP contribution < -0.4 is 20.9 Å². The first-order chi connectivity index (χ1) is 20.8. The number of aromatic nitrogens is 4. The van der Waals surface area contributed by atoms with Crippen LogP contribution in [-0.2, 0) is 4.74 Å². The van der Waals surface area contributed by atoms with Crippen molar-refractivity contribution in [2.75, 3.05) is 42.6 Å². The van der Waals surface area contributed by atoms with Crippen molar-refractivity contribution in [3.8, 4) is 0 Å². The third-order valence-corrected chi connectivity index (χ3v) is 7.92. The van der Waals surface area contributed by atoms with Crippen LogP contribution in [0.15, 0.2) is 36.4 Å². The Bertz CT molecular complexity index is 1650. The van der Waals surface area contributed by atoms with Gasteiger partial charge in [0.25, 0.3) is 0 Å². The molecule has 2 aliphatic rings. The molecule has 2 saturated heterocycles. The monoisotopic (exact) mass is 638 g/mol. The van der Waals surface area contributed by atoms with Crippen molar-refractivity contribution < 1.29 is 9.53 Å². The van der Waals surface area contributed by atoms with Crippen molar-refractivity contribution in [2.45, 2.75) is 59.5 Å². The Hall–Kier alpha value is -3.47. The highest BCUT2D eigenvalue weighted by atomic mass is 35.5. The molecule has 0 bridgehead atoms. The zero-order chi connectivity index (χ0) is 31.6. The molecule has 0 spiro atoms. The third-order valence-electron chi connectivity index (χ3n) is 7.58. The zero-order valence-corrected chi connectivity index (χ0v) is 27.4. The van der Waals surface area contributed by atoms with Gasteiger partial charge in [0.15, 0.2) is 0 Å². The molecule has 4 heterocycles. The number of ether oxygens (including phenoxy) is 1. The number of anilines is 2. The first-order valence-electron chi connectivity index (χ1n) is 14.9. The van der Waals surface area contributed by atoms with E-state index in [0.717, 1.165) is 71.5 Å². The van der Waals surface area contributed by atoms with E-state index in [0.29, 0.717) is 18.4 Å². The molecule has 4 aromatic rings. The number of hydrogen-bond acceptors (Lipinski definition) is 9. The van der Waals surface area contributed by atoms with Crippen LogP contribution in [0.25, 0.3) is 21.8 Å². The molecule has 2 atom stereocenters. The highest BCUT2D eigenvalue weighted by molar-refractivity contribution is 6.29. The van der Waals surface area contributed by atoms with Crippen molar-refractivity contribution in [1.29, 1.82) is 0 Å². The number of aryl methyl sites for hydroxylation is 2. The number of halogens is 2. The maximum atomic E-state index is 12.0. The summed E-state index contributed by atoms with van der Waals surface area (Å²) in [4.78, 5) is 33.7. The molecule has 2 aromatic heterocycles. The van der Waals surface area contributed by atoms with E-state index < -0.39 is 0 Å². The molecule has 2 fully saturated rings. The number of hydrogen-bond donors (Lipinski definition) is 2. The quantitative estimate of drug-likeness (QED) is 0.256. The average Bonchev–Trinajstić information content (AvgIpc) is 3.59. The van der Waals surface area contributed by atoms with Crippen molar-refractivity contribution in [2.24, 2.45) is 11.1 Å². The maximum Gasteiger partial charge on any atom is 0.407 e. The second-order valence-electron chi connectivity index (χ2n) is 12.9. The summed E-state index contributed by atoms with van der Waals surface area (Å²) in [5.74, 6) is 1.71. The molecule has 6 rings (SSSR count). The summed E-state index contributed by atoms with van der Waals surface area (Å²) in [6, 6.07) is 12.5. The van der Waals surface area contributed by atoms with E-state index in [1.165, 1.54) is 5.56 Å². The predicted octanol–water partition coefficient (Wildman–Crippen LogP) is 6.07. The van der Waals surface area contributed by atoms with E-state index in [9.17, 15) is 4.79 Å². The van der Waals surface area contributed by atoms with E-state index in [1.54, 1.807) is 0 Å². The van der Waals surface area contributed by atoms with Gasteiger partial charge < -0.3 is 25.6 Å². The molecule has 3 N–H and O–H groups in total. The van der Waals surface area contributed by atoms with E-state index in [2.05, 4.69) is 47.2 Å². The van der Waals surface area contributed by atoms with Crippen LogP contribution in [0.1, 0.15) is 44.7 Å². The fraction of sp³-hybridized carbons (Fsp3) is 0.469. The molecule has 0 unspecified atom stereocenters. The minimum atomic E-state index is -0.368. The zero-order valence-electron chi connectivity index (χ0n) is 25.9. The second-order valence-corrected chi connectivity index (χ2v) is 13.6. The van der Waals surface area contributed by atoms with Gasteiger partial charge in [0.2, 0.25) is 10.6 Å². The number of nitrogens with one attached hydrogen (secondary N) is 1. The van der Waals surface area contributed by atoms with Gasteiger partial charge in [-0.25, -0.2) is 14.8 Å². The lowest BCUT2D eigenvalue weighted by molar-refractivity contribution is 0.104. The summed E-state index contributed by atoms with van der Waals surface area (Å²) in [6.45, 7) is 13.8. The first-order valence-corrected chi connectivity index (χ1v) is 15.7. The summed E-state index contributed by atoms with van der Waals surface area (Å²) >= 11 is 12.1. The lowest BCUT2D eigenvalue weighted by Gasteiger charge is -2.21. The van der Waals surface area contributed by atoms with E-state index >= 15 is 0 Å². The fourth-order valence-corrected chi connectivity index (χ4v) is 5.76. The second kappa shape index (κ2) is 13.3. The molecule has 2 aromatic carbocycles. The van der Waals surface area contributed by atoms with Gasteiger partial charge in [0.1, 0.15) is 11.6 Å². The predicted molar refractivity (Wildman–Crippen MR) is 178 cm³/mol. The number of fused-ring (bicyclic) bond motifs is 2. The molecule has 0 aliphatic carbocycles. The standard InChI is InChI=1S/C19H25ClN4O2.C13H15ClN4/c1-12-5-6-14-15(9-12)22-17(20)23-16(14)24-8-7-13(10-24)21-18(25)26-11-19(2,3)4;1-8-2-3-10-11(6-8)16-13(14)17-12(10)18-5-4-9(15)7-18/h5-6,9,13H,7-8,10-11H2,1-4H3,(H,21,25);2-3,6,9H,4-5,7,15H2,1H3/t13-;9-/m11/s1. The number of carbonyl (C=O) groups excluding carboxylic acids is 1. The van der Waals surface area contributed by atoms with Gasteiger partial charge in [0, 0.05) is 43.0 Å². The van der Waals surface area contributed by atoms with Gasteiger partial charge in [-0.1, -0.05) is 32.9 Å². The number of amides is 1. The summed E-state index contributed by atoms with van der Waals surface area (Å²) < 4.78 is 5.30. The number of alkyl carbamates (subject to hydrolysis) is 1. The molecule has 2 aliphatic heterocycles. The smallest absolute Gasteiger partial charge is 0.407 e. The van der Waals surface area contributed by atoms with E-state index in [-0.39, 0.29) is 28.9 Å². The number of benzene rings is 2. The largest absolute Gasteiger partial charge is 0.449 e. The lowest BCUT2D eigenvalue weighted by Crippen LogP contribution is -2.38. The Kier molecular flexibility index (Phi) is 9.62. The van der Waals surface area contributed by atoms with Gasteiger partial charge in [0.05, 0.1) is 23.7 Å². The number of nitrogens with two attached hydrogens (primary N) is 1. The first kappa shape index (κ1) is 31.9. The third kappa shape index (κ3) is 7.97. The van der Waals surface area contributed by atoms with Crippen molar-refractivity contribution >= 4 is 62.7 Å². The van der Waals surface area contributed by atoms with Crippen LogP contribution in [0.5, 0.6) is 0 Å². The van der Waals surface area contributed by atoms with Gasteiger partial charge in [-0.3, -0.25) is 0 Å². The van der Waals surface area contributed by atoms with Gasteiger partial charge in [-0.15, -0.1) is 0 Å². The Balaban J connectivity index is 0.000000186. The van der Waals surface area contributed by atoms with Gasteiger partial charge >= 0.3 is 6.09 Å².